The van der Waals surface area contributed by atoms with Crippen LogP contribution < -0.4 is 15.4 Å². The molecule has 172 valence electrons. The van der Waals surface area contributed by atoms with E-state index in [0.717, 1.165) is 22.9 Å². The predicted molar refractivity (Wildman–Crippen MR) is 124 cm³/mol. The fraction of sp³-hybridized carbons (Fsp3) is 0.0769. The van der Waals surface area contributed by atoms with Gasteiger partial charge >= 0.3 is 6.18 Å². The monoisotopic (exact) mass is 464 g/mol. The van der Waals surface area contributed by atoms with Crippen LogP contribution in [0.1, 0.15) is 15.9 Å². The summed E-state index contributed by atoms with van der Waals surface area (Å²) in [6.45, 7) is -0.237. The van der Waals surface area contributed by atoms with Gasteiger partial charge in [0.25, 0.3) is 11.8 Å². The Morgan fingerprint density at radius 3 is 2.21 bits per heavy atom. The molecule has 0 aliphatic carbocycles. The fourth-order valence-electron chi connectivity index (χ4n) is 3.32. The fourth-order valence-corrected chi connectivity index (χ4v) is 3.32. The summed E-state index contributed by atoms with van der Waals surface area (Å²) >= 11 is 0. The van der Waals surface area contributed by atoms with Crippen molar-refractivity contribution in [3.8, 4) is 5.75 Å². The predicted octanol–water partition coefficient (Wildman–Crippen LogP) is 6.13. The summed E-state index contributed by atoms with van der Waals surface area (Å²) in [6.07, 6.45) is -4.51. The minimum absolute atomic E-state index is 0.0121. The summed E-state index contributed by atoms with van der Waals surface area (Å²) in [7, 11) is 0. The second-order valence-corrected chi connectivity index (χ2v) is 7.46. The molecule has 0 unspecified atom stereocenters. The molecule has 0 aliphatic rings. The number of ether oxygens (including phenoxy) is 1. The molecule has 0 saturated heterocycles. The lowest BCUT2D eigenvalue weighted by molar-refractivity contribution is -0.137. The third-order valence-corrected chi connectivity index (χ3v) is 4.95. The molecule has 0 fully saturated rings. The van der Waals surface area contributed by atoms with Gasteiger partial charge in [-0.1, -0.05) is 42.5 Å². The van der Waals surface area contributed by atoms with Crippen LogP contribution >= 0.6 is 0 Å². The van der Waals surface area contributed by atoms with Crippen LogP contribution in [0.25, 0.3) is 10.8 Å². The maximum absolute atomic E-state index is 12.9. The van der Waals surface area contributed by atoms with Crippen LogP contribution in [0, 0.1) is 0 Å². The Morgan fingerprint density at radius 2 is 1.44 bits per heavy atom. The van der Waals surface area contributed by atoms with E-state index in [-0.39, 0.29) is 17.9 Å². The van der Waals surface area contributed by atoms with Crippen LogP contribution in [0.5, 0.6) is 5.75 Å². The average molecular weight is 464 g/mol. The number of nitrogens with one attached hydrogen (secondary N) is 2. The molecule has 0 atom stereocenters. The number of anilines is 2. The van der Waals surface area contributed by atoms with E-state index in [4.69, 9.17) is 4.74 Å². The number of rotatable bonds is 6. The minimum Gasteiger partial charge on any atom is -0.484 e. The number of fused-ring (bicyclic) bond motifs is 1. The van der Waals surface area contributed by atoms with Crippen molar-refractivity contribution in [2.24, 2.45) is 0 Å². The van der Waals surface area contributed by atoms with Gasteiger partial charge < -0.3 is 15.4 Å². The summed E-state index contributed by atoms with van der Waals surface area (Å²) in [5.41, 5.74) is -0.328. The van der Waals surface area contributed by atoms with Crippen molar-refractivity contribution in [1.82, 2.24) is 0 Å². The number of hydrogen-bond acceptors (Lipinski definition) is 3. The first-order chi connectivity index (χ1) is 16.3. The van der Waals surface area contributed by atoms with Gasteiger partial charge in [0.1, 0.15) is 5.75 Å². The van der Waals surface area contributed by atoms with Crippen LogP contribution in [-0.2, 0) is 11.0 Å². The quantitative estimate of drug-likeness (QED) is 0.361. The Kier molecular flexibility index (Phi) is 6.49. The molecule has 0 heterocycles. The molecule has 34 heavy (non-hydrogen) atoms. The lowest BCUT2D eigenvalue weighted by Gasteiger charge is -2.11. The number of carbonyl (C=O) groups is 2. The molecule has 0 bridgehead atoms. The second kappa shape index (κ2) is 9.66. The van der Waals surface area contributed by atoms with Crippen molar-refractivity contribution < 1.29 is 27.5 Å². The van der Waals surface area contributed by atoms with Gasteiger partial charge in [-0.2, -0.15) is 13.2 Å². The molecule has 4 rings (SSSR count). The molecule has 8 heteroatoms. The first-order valence-electron chi connectivity index (χ1n) is 10.3. The van der Waals surface area contributed by atoms with Crippen LogP contribution in [0.2, 0.25) is 0 Å². The summed E-state index contributed by atoms with van der Waals surface area (Å²) in [5, 5.41) is 7.12. The number of alkyl halides is 3. The largest absolute Gasteiger partial charge is 0.484 e. The highest BCUT2D eigenvalue weighted by molar-refractivity contribution is 6.05. The smallest absolute Gasteiger partial charge is 0.416 e. The van der Waals surface area contributed by atoms with E-state index in [1.807, 2.05) is 36.4 Å². The van der Waals surface area contributed by atoms with Gasteiger partial charge in [-0.05, 0) is 59.3 Å². The van der Waals surface area contributed by atoms with Crippen LogP contribution in [0.3, 0.4) is 0 Å². The van der Waals surface area contributed by atoms with Crippen molar-refractivity contribution in [3.63, 3.8) is 0 Å². The van der Waals surface area contributed by atoms with Gasteiger partial charge in [-0.15, -0.1) is 0 Å². The summed E-state index contributed by atoms with van der Waals surface area (Å²) in [5.74, 6) is -0.491. The molecule has 4 aromatic carbocycles. The number of amides is 2. The van der Waals surface area contributed by atoms with Crippen LogP contribution in [0.15, 0.2) is 91.0 Å². The highest BCUT2D eigenvalue weighted by Gasteiger charge is 2.30. The molecule has 0 radical (unpaired) electrons. The van der Waals surface area contributed by atoms with E-state index in [9.17, 15) is 22.8 Å². The Morgan fingerprint density at radius 1 is 0.735 bits per heavy atom. The maximum atomic E-state index is 12.9. The van der Waals surface area contributed by atoms with Crippen molar-refractivity contribution in [2.45, 2.75) is 6.18 Å². The number of benzene rings is 4. The SMILES string of the molecule is O=C(COc1ccc2ccccc2c1)Nc1cccc(C(=O)Nc2cccc(C(F)(F)F)c2)c1. The zero-order chi connectivity index (χ0) is 24.1. The van der Waals surface area contributed by atoms with E-state index in [1.165, 1.54) is 24.3 Å². The van der Waals surface area contributed by atoms with Crippen molar-refractivity contribution in [2.75, 3.05) is 17.2 Å². The average Bonchev–Trinajstić information content (AvgIpc) is 2.82. The molecule has 0 aliphatic heterocycles. The number of halogens is 3. The zero-order valence-electron chi connectivity index (χ0n) is 17.7. The summed E-state index contributed by atoms with van der Waals surface area (Å²) in [6, 6.07) is 23.7. The van der Waals surface area contributed by atoms with Crippen molar-refractivity contribution in [1.29, 1.82) is 0 Å². The Hall–Kier alpha value is -4.33. The van der Waals surface area contributed by atoms with Gasteiger partial charge in [0.2, 0.25) is 0 Å². The van der Waals surface area contributed by atoms with Gasteiger partial charge in [-0.25, -0.2) is 0 Å². The normalized spacial score (nSPS) is 11.1. The second-order valence-electron chi connectivity index (χ2n) is 7.46. The van der Waals surface area contributed by atoms with Crippen LogP contribution in [-0.4, -0.2) is 18.4 Å². The van der Waals surface area contributed by atoms with Gasteiger partial charge in [0.05, 0.1) is 5.56 Å². The molecule has 2 amide bonds. The van der Waals surface area contributed by atoms with E-state index in [1.54, 1.807) is 18.2 Å². The molecular formula is C26H19F3N2O3. The standard InChI is InChI=1S/C26H19F3N2O3/c27-26(28,29)20-8-4-10-22(15-20)31-25(33)19-7-3-9-21(13-19)30-24(32)16-34-23-12-11-17-5-1-2-6-18(17)14-23/h1-15H,16H2,(H,30,32)(H,31,33). The van der Waals surface area contributed by atoms with Crippen molar-refractivity contribution >= 4 is 34.0 Å². The van der Waals surface area contributed by atoms with E-state index >= 15 is 0 Å². The maximum Gasteiger partial charge on any atom is 0.416 e. The first-order valence-corrected chi connectivity index (χ1v) is 10.3. The van der Waals surface area contributed by atoms with Crippen molar-refractivity contribution in [3.05, 3.63) is 102 Å². The highest BCUT2D eigenvalue weighted by atomic mass is 19.4. The summed E-state index contributed by atoms with van der Waals surface area (Å²) < 4.78 is 44.2. The minimum atomic E-state index is -4.51. The Bertz CT molecular complexity index is 1350. The first kappa shape index (κ1) is 22.8. The molecule has 0 aromatic heterocycles. The van der Waals surface area contributed by atoms with E-state index in [2.05, 4.69) is 10.6 Å². The third kappa shape index (κ3) is 5.72. The molecule has 2 N–H and O–H groups in total. The lowest BCUT2D eigenvalue weighted by Crippen LogP contribution is -2.20. The third-order valence-electron chi connectivity index (χ3n) is 4.95. The molecule has 5 nitrogen and oxygen atoms in total. The number of hydrogen-bond donors (Lipinski definition) is 2. The summed E-state index contributed by atoms with van der Waals surface area (Å²) in [4.78, 5) is 24.8. The molecule has 0 saturated carbocycles. The van der Waals surface area contributed by atoms with Gasteiger partial charge in [0, 0.05) is 16.9 Å². The Balaban J connectivity index is 1.37. The van der Waals surface area contributed by atoms with E-state index < -0.39 is 23.6 Å². The van der Waals surface area contributed by atoms with Gasteiger partial charge in [-0.3, -0.25) is 9.59 Å². The number of carbonyl (C=O) groups excluding carboxylic acids is 2. The zero-order valence-corrected chi connectivity index (χ0v) is 17.7. The van der Waals surface area contributed by atoms with E-state index in [0.29, 0.717) is 11.4 Å². The lowest BCUT2D eigenvalue weighted by atomic mass is 10.1. The molecule has 4 aromatic rings. The van der Waals surface area contributed by atoms with Gasteiger partial charge in [0.15, 0.2) is 6.61 Å². The molecule has 0 spiro atoms. The highest BCUT2D eigenvalue weighted by Crippen LogP contribution is 2.30. The molecular weight excluding hydrogens is 445 g/mol. The topological polar surface area (TPSA) is 67.4 Å². The Labute approximate surface area is 193 Å². The van der Waals surface area contributed by atoms with Crippen LogP contribution in [0.4, 0.5) is 24.5 Å².